The van der Waals surface area contributed by atoms with Crippen molar-refractivity contribution in [2.45, 2.75) is 57.6 Å². The van der Waals surface area contributed by atoms with E-state index in [9.17, 15) is 4.79 Å². The van der Waals surface area contributed by atoms with Crippen LogP contribution in [0.4, 0.5) is 0 Å². The minimum Gasteiger partial charge on any atom is -0.492 e. The number of piperidine rings is 1. The van der Waals surface area contributed by atoms with Crippen molar-refractivity contribution in [2.75, 3.05) is 26.3 Å². The summed E-state index contributed by atoms with van der Waals surface area (Å²) < 4.78 is 17.2. The molecule has 1 fully saturated rings. The Bertz CT molecular complexity index is 968. The van der Waals surface area contributed by atoms with Crippen molar-refractivity contribution in [3.05, 3.63) is 57.6 Å². The molecule has 178 valence electrons. The Morgan fingerprint density at radius 3 is 2.61 bits per heavy atom. The minimum atomic E-state index is -0.106. The lowest BCUT2D eigenvalue weighted by molar-refractivity contribution is -0.143. The highest BCUT2D eigenvalue weighted by Crippen LogP contribution is 2.47. The third-order valence-corrected chi connectivity index (χ3v) is 7.63. The van der Waals surface area contributed by atoms with Crippen LogP contribution in [0.2, 0.25) is 10.0 Å². The molecule has 2 heterocycles. The number of likely N-dealkylation sites (tertiary alicyclic amines) is 1. The van der Waals surface area contributed by atoms with Crippen molar-refractivity contribution in [1.82, 2.24) is 4.90 Å². The third kappa shape index (κ3) is 5.42. The number of esters is 1. The summed E-state index contributed by atoms with van der Waals surface area (Å²) in [5.74, 6) is 1.54. The number of carbonyl (C=O) groups excluding carboxylic acids is 1. The fourth-order valence-corrected chi connectivity index (χ4v) is 5.32. The predicted octanol–water partition coefficient (Wildman–Crippen LogP) is 6.03. The molecule has 1 atom stereocenters. The first-order valence-corrected chi connectivity index (χ1v) is 12.4. The Hall–Kier alpha value is -1.95. The second kappa shape index (κ2) is 10.5. The molecule has 7 heteroatoms. The Labute approximate surface area is 205 Å². The molecule has 5 nitrogen and oxygen atoms in total. The second-order valence-electron chi connectivity index (χ2n) is 8.94. The molecule has 0 aromatic heterocycles. The van der Waals surface area contributed by atoms with Crippen molar-refractivity contribution in [1.29, 1.82) is 0 Å². The van der Waals surface area contributed by atoms with Crippen LogP contribution in [0.3, 0.4) is 0 Å². The molecule has 0 radical (unpaired) electrons. The van der Waals surface area contributed by atoms with Crippen LogP contribution in [0.25, 0.3) is 0 Å². The van der Waals surface area contributed by atoms with Crippen molar-refractivity contribution in [3.63, 3.8) is 0 Å². The summed E-state index contributed by atoms with van der Waals surface area (Å²) in [5, 5.41) is 1.20. The van der Waals surface area contributed by atoms with Crippen LogP contribution < -0.4 is 9.47 Å². The number of carbonyl (C=O) groups is 1. The van der Waals surface area contributed by atoms with Gasteiger partial charge in [0.15, 0.2) is 0 Å². The molecular weight excluding hydrogens is 461 g/mol. The van der Waals surface area contributed by atoms with Crippen molar-refractivity contribution in [3.8, 4) is 11.5 Å². The first kappa shape index (κ1) is 24.2. The highest BCUT2D eigenvalue weighted by atomic mass is 35.5. The van der Waals surface area contributed by atoms with E-state index < -0.39 is 0 Å². The van der Waals surface area contributed by atoms with E-state index in [-0.39, 0.29) is 11.4 Å². The van der Waals surface area contributed by atoms with Gasteiger partial charge >= 0.3 is 5.97 Å². The summed E-state index contributed by atoms with van der Waals surface area (Å²) in [6, 6.07) is 11.9. The molecule has 0 amide bonds. The lowest BCUT2D eigenvalue weighted by atomic mass is 9.74. The van der Waals surface area contributed by atoms with Gasteiger partial charge in [-0.3, -0.25) is 4.79 Å². The maximum atomic E-state index is 11.7. The molecule has 2 aliphatic heterocycles. The monoisotopic (exact) mass is 491 g/mol. The Morgan fingerprint density at radius 1 is 1.18 bits per heavy atom. The van der Waals surface area contributed by atoms with Gasteiger partial charge in [0.1, 0.15) is 18.1 Å². The number of fused-ring (bicyclic) bond motifs is 2. The van der Waals surface area contributed by atoms with E-state index in [2.05, 4.69) is 17.9 Å². The minimum absolute atomic E-state index is 0.0528. The van der Waals surface area contributed by atoms with Crippen LogP contribution in [0.5, 0.6) is 11.5 Å². The summed E-state index contributed by atoms with van der Waals surface area (Å²) >= 11 is 12.5. The molecule has 0 N–H and O–H groups in total. The molecule has 2 aliphatic rings. The van der Waals surface area contributed by atoms with E-state index >= 15 is 0 Å². The molecule has 0 aliphatic carbocycles. The Morgan fingerprint density at radius 2 is 1.91 bits per heavy atom. The Balaban J connectivity index is 1.35. The van der Waals surface area contributed by atoms with Crippen LogP contribution in [0.15, 0.2) is 36.4 Å². The van der Waals surface area contributed by atoms with E-state index in [1.807, 2.05) is 37.3 Å². The first-order valence-electron chi connectivity index (χ1n) is 11.6. The van der Waals surface area contributed by atoms with Gasteiger partial charge in [-0.05, 0) is 64.4 Å². The van der Waals surface area contributed by atoms with Gasteiger partial charge in [-0.2, -0.15) is 0 Å². The van der Waals surface area contributed by atoms with Crippen LogP contribution in [-0.2, 0) is 21.6 Å². The van der Waals surface area contributed by atoms with E-state index in [0.29, 0.717) is 42.3 Å². The summed E-state index contributed by atoms with van der Waals surface area (Å²) in [4.78, 5) is 14.2. The largest absolute Gasteiger partial charge is 0.492 e. The highest BCUT2D eigenvalue weighted by Gasteiger charge is 2.43. The van der Waals surface area contributed by atoms with Crippen LogP contribution in [-0.4, -0.2) is 43.2 Å². The number of ether oxygens (including phenoxy) is 3. The summed E-state index contributed by atoms with van der Waals surface area (Å²) in [6.07, 6.45) is 3.39. The van der Waals surface area contributed by atoms with Gasteiger partial charge < -0.3 is 19.1 Å². The zero-order valence-corrected chi connectivity index (χ0v) is 20.8. The van der Waals surface area contributed by atoms with Gasteiger partial charge in [0.2, 0.25) is 0 Å². The van der Waals surface area contributed by atoms with E-state index in [4.69, 9.17) is 37.4 Å². The topological polar surface area (TPSA) is 48.0 Å². The smallest absolute Gasteiger partial charge is 0.305 e. The molecule has 1 unspecified atom stereocenters. The molecule has 0 saturated carbocycles. The van der Waals surface area contributed by atoms with E-state index in [1.165, 1.54) is 5.56 Å². The lowest BCUT2D eigenvalue weighted by Crippen LogP contribution is -2.47. The SMILES string of the molecule is CCOC(=O)CCC(C)N1CCC2(CC1)COc1cc(OCc3c(Cl)cccc3Cl)ccc12. The zero-order chi connectivity index (χ0) is 23.4. The van der Waals surface area contributed by atoms with Gasteiger partial charge in [-0.1, -0.05) is 35.3 Å². The predicted molar refractivity (Wildman–Crippen MR) is 131 cm³/mol. The summed E-state index contributed by atoms with van der Waals surface area (Å²) in [5.41, 5.74) is 2.10. The van der Waals surface area contributed by atoms with Gasteiger partial charge in [-0.25, -0.2) is 0 Å². The van der Waals surface area contributed by atoms with E-state index in [0.717, 1.165) is 49.4 Å². The number of hydrogen-bond donors (Lipinski definition) is 0. The molecule has 1 saturated heterocycles. The number of nitrogens with zero attached hydrogens (tertiary/aromatic N) is 1. The normalized spacial score (nSPS) is 17.9. The molecule has 2 aromatic carbocycles. The van der Waals surface area contributed by atoms with E-state index in [1.54, 1.807) is 0 Å². The van der Waals surface area contributed by atoms with Crippen LogP contribution >= 0.6 is 23.2 Å². The highest BCUT2D eigenvalue weighted by molar-refractivity contribution is 6.35. The maximum Gasteiger partial charge on any atom is 0.305 e. The molecule has 2 aromatic rings. The third-order valence-electron chi connectivity index (χ3n) is 6.92. The number of benzene rings is 2. The first-order chi connectivity index (χ1) is 15.9. The van der Waals surface area contributed by atoms with Crippen molar-refractivity contribution in [2.24, 2.45) is 0 Å². The maximum absolute atomic E-state index is 11.7. The molecule has 4 rings (SSSR count). The quantitative estimate of drug-likeness (QED) is 0.421. The van der Waals surface area contributed by atoms with Crippen LogP contribution in [0.1, 0.15) is 50.7 Å². The average molecular weight is 492 g/mol. The lowest BCUT2D eigenvalue weighted by Gasteiger charge is -2.41. The van der Waals surface area contributed by atoms with Gasteiger partial charge in [-0.15, -0.1) is 0 Å². The molecular formula is C26H31Cl2NO4. The fourth-order valence-electron chi connectivity index (χ4n) is 4.82. The second-order valence-corrected chi connectivity index (χ2v) is 9.76. The average Bonchev–Trinajstić information content (AvgIpc) is 3.15. The molecule has 33 heavy (non-hydrogen) atoms. The van der Waals surface area contributed by atoms with Gasteiger partial charge in [0.25, 0.3) is 0 Å². The van der Waals surface area contributed by atoms with Crippen molar-refractivity contribution >= 4 is 29.2 Å². The molecule has 0 bridgehead atoms. The fraction of sp³-hybridized carbons (Fsp3) is 0.500. The van der Waals surface area contributed by atoms with Gasteiger partial charge in [0, 0.05) is 45.1 Å². The number of hydrogen-bond acceptors (Lipinski definition) is 5. The van der Waals surface area contributed by atoms with Gasteiger partial charge in [0.05, 0.1) is 13.2 Å². The molecule has 1 spiro atoms. The zero-order valence-electron chi connectivity index (χ0n) is 19.2. The summed E-state index contributed by atoms with van der Waals surface area (Å²) in [7, 11) is 0. The summed E-state index contributed by atoms with van der Waals surface area (Å²) in [6.45, 7) is 7.49. The standard InChI is InChI=1S/C26H31Cl2NO4/c1-3-31-25(30)10-7-18(2)29-13-11-26(12-14-29)17-33-24-15-19(8-9-21(24)26)32-16-20-22(27)5-4-6-23(20)28/h4-6,8-9,15,18H,3,7,10-14,16-17H2,1-2H3. The number of rotatable bonds is 8. The number of halogens is 2. The van der Waals surface area contributed by atoms with Crippen molar-refractivity contribution < 1.29 is 19.0 Å². The Kier molecular flexibility index (Phi) is 7.72. The van der Waals surface area contributed by atoms with Crippen LogP contribution in [0, 0.1) is 0 Å².